The van der Waals surface area contributed by atoms with Gasteiger partial charge in [0.25, 0.3) is 0 Å². The van der Waals surface area contributed by atoms with E-state index in [4.69, 9.17) is 5.11 Å². The number of carboxylic acid groups (broad SMARTS) is 1. The summed E-state index contributed by atoms with van der Waals surface area (Å²) in [7, 11) is 0. The molecule has 0 radical (unpaired) electrons. The minimum Gasteiger partial charge on any atom is -0.480 e. The minimum absolute atomic E-state index is 0.00547. The lowest BCUT2D eigenvalue weighted by atomic mass is 9.86. The Labute approximate surface area is 125 Å². The third-order valence-electron chi connectivity index (χ3n) is 3.80. The van der Waals surface area contributed by atoms with Crippen molar-refractivity contribution in [2.75, 3.05) is 6.54 Å². The van der Waals surface area contributed by atoms with Crippen LogP contribution in [0, 0.1) is 11.3 Å². The van der Waals surface area contributed by atoms with Crippen molar-refractivity contribution in [3.8, 4) is 0 Å². The second-order valence-corrected chi connectivity index (χ2v) is 6.73. The van der Waals surface area contributed by atoms with Crippen molar-refractivity contribution in [3.05, 3.63) is 0 Å². The number of aliphatic carboxylic acids is 1. The number of nitrogens with one attached hydrogen (secondary N) is 2. The predicted octanol–water partition coefficient (Wildman–Crippen LogP) is 1.30. The van der Waals surface area contributed by atoms with Crippen LogP contribution in [0.1, 0.15) is 52.9 Å². The highest BCUT2D eigenvalue weighted by atomic mass is 16.4. The van der Waals surface area contributed by atoms with E-state index in [1.165, 1.54) is 0 Å². The van der Waals surface area contributed by atoms with Crippen molar-refractivity contribution in [1.82, 2.24) is 10.6 Å². The number of hydrogen-bond donors (Lipinski definition) is 3. The summed E-state index contributed by atoms with van der Waals surface area (Å²) in [5, 5.41) is 14.4. The van der Waals surface area contributed by atoms with Crippen LogP contribution in [0.25, 0.3) is 0 Å². The Morgan fingerprint density at radius 2 is 1.76 bits per heavy atom. The lowest BCUT2D eigenvalue weighted by Gasteiger charge is -2.27. The fourth-order valence-corrected chi connectivity index (χ4v) is 2.51. The number of carboxylic acids is 1. The second kappa shape index (κ2) is 7.43. The summed E-state index contributed by atoms with van der Waals surface area (Å²) < 4.78 is 0. The molecule has 6 heteroatoms. The van der Waals surface area contributed by atoms with E-state index in [0.29, 0.717) is 0 Å². The molecular formula is C15H26N2O4. The molecule has 1 saturated carbocycles. The number of carbonyl (C=O) groups excluding carboxylic acids is 2. The molecule has 0 aromatic heterocycles. The quantitative estimate of drug-likeness (QED) is 0.688. The molecular weight excluding hydrogens is 272 g/mol. The summed E-state index contributed by atoms with van der Waals surface area (Å²) in [5.74, 6) is -1.32. The Hall–Kier alpha value is -1.59. The molecule has 21 heavy (non-hydrogen) atoms. The maximum Gasteiger partial charge on any atom is 0.326 e. The van der Waals surface area contributed by atoms with Gasteiger partial charge in [0.1, 0.15) is 6.04 Å². The molecule has 0 aromatic rings. The molecule has 1 atom stereocenters. The molecule has 1 aliphatic carbocycles. The van der Waals surface area contributed by atoms with Crippen LogP contribution in [0.15, 0.2) is 0 Å². The first-order valence-electron chi connectivity index (χ1n) is 7.51. The number of rotatable bonds is 6. The lowest BCUT2D eigenvalue weighted by molar-refractivity contribution is -0.145. The van der Waals surface area contributed by atoms with Gasteiger partial charge in [0.05, 0.1) is 0 Å². The molecule has 0 aliphatic heterocycles. The highest BCUT2D eigenvalue weighted by Crippen LogP contribution is 2.24. The summed E-state index contributed by atoms with van der Waals surface area (Å²) in [6.45, 7) is 5.52. The van der Waals surface area contributed by atoms with Crippen molar-refractivity contribution >= 4 is 17.8 Å². The molecule has 1 rings (SSSR count). The monoisotopic (exact) mass is 298 g/mol. The van der Waals surface area contributed by atoms with Gasteiger partial charge in [-0.2, -0.15) is 0 Å². The molecule has 6 nitrogen and oxygen atoms in total. The van der Waals surface area contributed by atoms with Crippen molar-refractivity contribution < 1.29 is 19.5 Å². The van der Waals surface area contributed by atoms with Gasteiger partial charge < -0.3 is 15.7 Å². The van der Waals surface area contributed by atoms with Gasteiger partial charge in [0.2, 0.25) is 11.8 Å². The van der Waals surface area contributed by atoms with Gasteiger partial charge in [-0.1, -0.05) is 33.6 Å². The summed E-state index contributed by atoms with van der Waals surface area (Å²) in [6.07, 6.45) is 4.11. The summed E-state index contributed by atoms with van der Waals surface area (Å²) in [6, 6.07) is -0.935. The first-order valence-corrected chi connectivity index (χ1v) is 7.51. The molecule has 3 N–H and O–H groups in total. The van der Waals surface area contributed by atoms with E-state index in [2.05, 4.69) is 10.6 Å². The predicted molar refractivity (Wildman–Crippen MR) is 78.6 cm³/mol. The summed E-state index contributed by atoms with van der Waals surface area (Å²) in [4.78, 5) is 34.7. The van der Waals surface area contributed by atoms with Crippen molar-refractivity contribution in [2.45, 2.75) is 58.9 Å². The summed E-state index contributed by atoms with van der Waals surface area (Å²) >= 11 is 0. The van der Waals surface area contributed by atoms with E-state index in [0.717, 1.165) is 25.7 Å². The van der Waals surface area contributed by atoms with Crippen LogP contribution in [0.5, 0.6) is 0 Å². The molecule has 0 aromatic carbocycles. The van der Waals surface area contributed by atoms with Crippen LogP contribution in [-0.4, -0.2) is 35.5 Å². The molecule has 0 spiro atoms. The van der Waals surface area contributed by atoms with Crippen LogP contribution in [0.4, 0.5) is 0 Å². The third-order valence-corrected chi connectivity index (χ3v) is 3.80. The Balaban J connectivity index is 2.33. The first kappa shape index (κ1) is 17.5. The lowest BCUT2D eigenvalue weighted by Crippen LogP contribution is -2.49. The zero-order chi connectivity index (χ0) is 16.0. The second-order valence-electron chi connectivity index (χ2n) is 6.73. The van der Waals surface area contributed by atoms with Gasteiger partial charge in [0.15, 0.2) is 0 Å². The molecule has 0 saturated heterocycles. The molecule has 0 bridgehead atoms. The third kappa shape index (κ3) is 5.73. The minimum atomic E-state index is -1.05. The van der Waals surface area contributed by atoms with Crippen LogP contribution in [0.3, 0.4) is 0 Å². The Morgan fingerprint density at radius 1 is 1.19 bits per heavy atom. The molecule has 1 fully saturated rings. The van der Waals surface area contributed by atoms with Crippen LogP contribution in [0.2, 0.25) is 0 Å². The van der Waals surface area contributed by atoms with Gasteiger partial charge in [-0.3, -0.25) is 9.59 Å². The average molecular weight is 298 g/mol. The van der Waals surface area contributed by atoms with Crippen molar-refractivity contribution in [3.63, 3.8) is 0 Å². The Bertz CT molecular complexity index is 395. The van der Waals surface area contributed by atoms with Crippen molar-refractivity contribution in [1.29, 1.82) is 0 Å². The Morgan fingerprint density at radius 3 is 2.24 bits per heavy atom. The van der Waals surface area contributed by atoms with Gasteiger partial charge >= 0.3 is 5.97 Å². The smallest absolute Gasteiger partial charge is 0.326 e. The Kier molecular flexibility index (Phi) is 6.18. The number of hydrogen-bond acceptors (Lipinski definition) is 3. The first-order chi connectivity index (χ1) is 9.71. The largest absolute Gasteiger partial charge is 0.480 e. The standard InChI is InChI=1S/C15H26N2O4/c1-15(2,3)12(14(20)21)17-11(18)8-9-16-13(19)10-6-4-5-7-10/h10,12H,4-9H2,1-3H3,(H,16,19)(H,17,18)(H,20,21)/t12-/m1/s1. The SMILES string of the molecule is CC(C)(C)[C@H](NC(=O)CCNC(=O)C1CCCC1)C(=O)O. The van der Waals surface area contributed by atoms with Gasteiger partial charge in [0, 0.05) is 18.9 Å². The highest BCUT2D eigenvalue weighted by Gasteiger charge is 2.32. The normalized spacial score (nSPS) is 17.3. The van der Waals surface area contributed by atoms with E-state index in [1.54, 1.807) is 20.8 Å². The van der Waals surface area contributed by atoms with Crippen LogP contribution < -0.4 is 10.6 Å². The van der Waals surface area contributed by atoms with E-state index < -0.39 is 17.4 Å². The zero-order valence-electron chi connectivity index (χ0n) is 13.1. The number of carbonyl (C=O) groups is 3. The maximum absolute atomic E-state index is 11.8. The highest BCUT2D eigenvalue weighted by molar-refractivity contribution is 5.85. The van der Waals surface area contributed by atoms with Crippen LogP contribution >= 0.6 is 0 Å². The molecule has 120 valence electrons. The molecule has 0 heterocycles. The fourth-order valence-electron chi connectivity index (χ4n) is 2.51. The molecule has 1 aliphatic rings. The van der Waals surface area contributed by atoms with Gasteiger partial charge in [-0.15, -0.1) is 0 Å². The number of amides is 2. The van der Waals surface area contributed by atoms with Crippen molar-refractivity contribution in [2.24, 2.45) is 11.3 Å². The van der Waals surface area contributed by atoms with Gasteiger partial charge in [-0.05, 0) is 18.3 Å². The molecule has 0 unspecified atom stereocenters. The topological polar surface area (TPSA) is 95.5 Å². The van der Waals surface area contributed by atoms with E-state index in [-0.39, 0.29) is 30.7 Å². The van der Waals surface area contributed by atoms with Crippen LogP contribution in [-0.2, 0) is 14.4 Å². The average Bonchev–Trinajstić information content (AvgIpc) is 2.87. The maximum atomic E-state index is 11.8. The summed E-state index contributed by atoms with van der Waals surface area (Å²) in [5.41, 5.74) is -0.561. The fraction of sp³-hybridized carbons (Fsp3) is 0.800. The van der Waals surface area contributed by atoms with E-state index >= 15 is 0 Å². The zero-order valence-corrected chi connectivity index (χ0v) is 13.1. The van der Waals surface area contributed by atoms with E-state index in [9.17, 15) is 14.4 Å². The molecule has 2 amide bonds. The van der Waals surface area contributed by atoms with Gasteiger partial charge in [-0.25, -0.2) is 4.79 Å². The van der Waals surface area contributed by atoms with E-state index in [1.807, 2.05) is 0 Å².